The number of hydrogen-bond donors (Lipinski definition) is 3. The fourth-order valence-electron chi connectivity index (χ4n) is 3.97. The number of benzene rings is 2. The van der Waals surface area contributed by atoms with Crippen LogP contribution in [0.2, 0.25) is 0 Å². The number of pyridine rings is 1. The Bertz CT molecular complexity index is 1210. The van der Waals surface area contributed by atoms with E-state index in [1.807, 2.05) is 36.4 Å². The third-order valence-electron chi connectivity index (χ3n) is 5.97. The van der Waals surface area contributed by atoms with Gasteiger partial charge in [-0.1, -0.05) is 18.2 Å². The number of allylic oxidation sites excluding steroid dienone is 1. The van der Waals surface area contributed by atoms with Gasteiger partial charge in [0.25, 0.3) is 5.56 Å². The Morgan fingerprint density at radius 1 is 1.06 bits per heavy atom. The molecule has 3 aromatic rings. The Hall–Kier alpha value is -3.42. The maximum Gasteiger partial charge on any atom is 0.258 e. The van der Waals surface area contributed by atoms with E-state index in [1.165, 1.54) is 5.69 Å². The number of anilines is 1. The molecule has 1 aliphatic rings. The summed E-state index contributed by atoms with van der Waals surface area (Å²) in [4.78, 5) is 24.1. The molecule has 4 rings (SSSR count). The highest BCUT2D eigenvalue weighted by Gasteiger charge is 2.14. The van der Waals surface area contributed by atoms with Crippen molar-refractivity contribution in [1.29, 1.82) is 0 Å². The summed E-state index contributed by atoms with van der Waals surface area (Å²) in [5.74, 6) is -0.202. The third-order valence-corrected chi connectivity index (χ3v) is 5.97. The van der Waals surface area contributed by atoms with Crippen LogP contribution in [0.25, 0.3) is 16.8 Å². The van der Waals surface area contributed by atoms with Crippen molar-refractivity contribution in [3.05, 3.63) is 70.0 Å². The summed E-state index contributed by atoms with van der Waals surface area (Å²) < 4.78 is 0. The molecule has 7 heteroatoms. The molecule has 2 aromatic carbocycles. The molecule has 2 heterocycles. The minimum Gasteiger partial charge on any atom is -0.494 e. The predicted molar refractivity (Wildman–Crippen MR) is 135 cm³/mol. The molecule has 0 radical (unpaired) electrons. The van der Waals surface area contributed by atoms with Crippen molar-refractivity contribution in [2.45, 2.75) is 12.8 Å². The lowest BCUT2D eigenvalue weighted by molar-refractivity contribution is 0.290. The lowest BCUT2D eigenvalue weighted by atomic mass is 10.0. The largest absolute Gasteiger partial charge is 0.494 e. The van der Waals surface area contributed by atoms with Crippen molar-refractivity contribution in [2.24, 2.45) is 4.99 Å². The van der Waals surface area contributed by atoms with Crippen LogP contribution in [-0.4, -0.2) is 66.1 Å². The molecule has 0 amide bonds. The zero-order valence-corrected chi connectivity index (χ0v) is 18.9. The van der Waals surface area contributed by atoms with E-state index in [0.717, 1.165) is 43.9 Å². The first-order valence-corrected chi connectivity index (χ1v) is 11.3. The van der Waals surface area contributed by atoms with Crippen LogP contribution >= 0.6 is 0 Å². The van der Waals surface area contributed by atoms with Gasteiger partial charge in [-0.2, -0.15) is 0 Å². The van der Waals surface area contributed by atoms with Gasteiger partial charge in [-0.3, -0.25) is 14.8 Å². The second-order valence-corrected chi connectivity index (χ2v) is 8.35. The highest BCUT2D eigenvalue weighted by atomic mass is 16.3. The zero-order valence-electron chi connectivity index (χ0n) is 18.9. The van der Waals surface area contributed by atoms with Crippen LogP contribution in [0, 0.1) is 0 Å². The van der Waals surface area contributed by atoms with Crippen LogP contribution in [0.4, 0.5) is 11.4 Å². The number of fused-ring (bicyclic) bond motifs is 1. The summed E-state index contributed by atoms with van der Waals surface area (Å²) in [5.41, 5.74) is 2.99. The maximum atomic E-state index is 12.3. The number of aromatic hydroxyl groups is 1. The number of nitrogens with zero attached hydrogens (tertiary/aromatic N) is 3. The minimum atomic E-state index is -0.341. The van der Waals surface area contributed by atoms with E-state index >= 15 is 0 Å². The number of likely N-dealkylation sites (N-methyl/N-ethyl adjacent to an activating group) is 1. The molecule has 1 aromatic heterocycles. The Balaban J connectivity index is 1.59. The molecule has 1 fully saturated rings. The summed E-state index contributed by atoms with van der Waals surface area (Å²) in [7, 11) is 2.14. The van der Waals surface area contributed by atoms with E-state index in [0.29, 0.717) is 22.8 Å². The second kappa shape index (κ2) is 10.5. The van der Waals surface area contributed by atoms with Crippen molar-refractivity contribution in [1.82, 2.24) is 9.88 Å². The SMILES string of the molecule is CN1CCN(c2ccc(N=Cc3c(O)[nH]c(=O)c4ccc(C=CCCCO)cc34)cc2)CC1. The molecule has 0 aliphatic carbocycles. The number of H-pyrrole nitrogens is 1. The van der Waals surface area contributed by atoms with E-state index in [1.54, 1.807) is 12.3 Å². The fourth-order valence-corrected chi connectivity index (χ4v) is 3.97. The van der Waals surface area contributed by atoms with Crippen molar-refractivity contribution in [2.75, 3.05) is 44.7 Å². The average Bonchev–Trinajstić information content (AvgIpc) is 2.82. The molecular weight excluding hydrogens is 416 g/mol. The van der Waals surface area contributed by atoms with Gasteiger partial charge in [0.2, 0.25) is 5.88 Å². The number of aromatic amines is 1. The van der Waals surface area contributed by atoms with E-state index in [-0.39, 0.29) is 18.0 Å². The first-order valence-electron chi connectivity index (χ1n) is 11.3. The Morgan fingerprint density at radius 2 is 1.82 bits per heavy atom. The van der Waals surface area contributed by atoms with Gasteiger partial charge in [-0.15, -0.1) is 0 Å². The quantitative estimate of drug-likeness (QED) is 0.382. The van der Waals surface area contributed by atoms with Crippen LogP contribution in [-0.2, 0) is 0 Å². The van der Waals surface area contributed by atoms with E-state index < -0.39 is 0 Å². The second-order valence-electron chi connectivity index (χ2n) is 8.35. The minimum absolute atomic E-state index is 0.155. The lowest BCUT2D eigenvalue weighted by Gasteiger charge is -2.34. The molecule has 7 nitrogen and oxygen atoms in total. The van der Waals surface area contributed by atoms with Gasteiger partial charge in [-0.05, 0) is 61.9 Å². The summed E-state index contributed by atoms with van der Waals surface area (Å²) in [6.45, 7) is 4.27. The molecule has 0 unspecified atom stereocenters. The first kappa shape index (κ1) is 22.8. The lowest BCUT2D eigenvalue weighted by Crippen LogP contribution is -2.44. The number of aliphatic imine (C=N–C) groups is 1. The number of nitrogens with one attached hydrogen (secondary N) is 1. The Labute approximate surface area is 193 Å². The smallest absolute Gasteiger partial charge is 0.258 e. The number of piperazine rings is 1. The van der Waals surface area contributed by atoms with Crippen LogP contribution in [0.3, 0.4) is 0 Å². The molecule has 33 heavy (non-hydrogen) atoms. The highest BCUT2D eigenvalue weighted by molar-refractivity contribution is 6.02. The van der Waals surface area contributed by atoms with Crippen LogP contribution in [0.1, 0.15) is 24.0 Å². The van der Waals surface area contributed by atoms with Crippen LogP contribution < -0.4 is 10.5 Å². The average molecular weight is 447 g/mol. The number of hydrogen-bond acceptors (Lipinski definition) is 6. The summed E-state index contributed by atoms with van der Waals surface area (Å²) in [6.07, 6.45) is 7.01. The predicted octanol–water partition coefficient (Wildman–Crippen LogP) is 3.52. The molecule has 1 saturated heterocycles. The number of unbranched alkanes of at least 4 members (excludes halogenated alkanes) is 1. The molecule has 1 aliphatic heterocycles. The topological polar surface area (TPSA) is 92.2 Å². The summed E-state index contributed by atoms with van der Waals surface area (Å²) >= 11 is 0. The third kappa shape index (κ3) is 5.50. The summed E-state index contributed by atoms with van der Waals surface area (Å²) in [6, 6.07) is 13.5. The monoisotopic (exact) mass is 446 g/mol. The number of rotatable bonds is 7. The standard InChI is InChI=1S/C26H30N4O3/c1-29-12-14-30(15-13-29)21-9-7-20(8-10-21)27-18-24-23-17-19(5-3-2-4-16-31)6-11-22(23)25(32)28-26(24)33/h3,5-11,17-18,31H,2,4,12-16H2,1H3,(H2,28,32,33). The van der Waals surface area contributed by atoms with Crippen molar-refractivity contribution in [3.63, 3.8) is 0 Å². The van der Waals surface area contributed by atoms with Gasteiger partial charge >= 0.3 is 0 Å². The highest BCUT2D eigenvalue weighted by Crippen LogP contribution is 2.25. The summed E-state index contributed by atoms with van der Waals surface area (Å²) in [5, 5.41) is 20.5. The molecule has 0 atom stereocenters. The number of aliphatic hydroxyl groups excluding tert-OH is 1. The molecular formula is C26H30N4O3. The van der Waals surface area contributed by atoms with Gasteiger partial charge in [0, 0.05) is 55.5 Å². The molecule has 172 valence electrons. The molecule has 0 saturated carbocycles. The number of aliphatic hydroxyl groups is 1. The normalized spacial score (nSPS) is 15.3. The van der Waals surface area contributed by atoms with Gasteiger partial charge in [0.1, 0.15) is 0 Å². The van der Waals surface area contributed by atoms with Gasteiger partial charge in [-0.25, -0.2) is 0 Å². The van der Waals surface area contributed by atoms with Crippen molar-refractivity contribution >= 4 is 34.4 Å². The van der Waals surface area contributed by atoms with Gasteiger partial charge < -0.3 is 20.0 Å². The maximum absolute atomic E-state index is 12.3. The first-order chi connectivity index (χ1) is 16.0. The van der Waals surface area contributed by atoms with Gasteiger partial charge in [0.15, 0.2) is 0 Å². The van der Waals surface area contributed by atoms with E-state index in [4.69, 9.17) is 5.11 Å². The van der Waals surface area contributed by atoms with Crippen LogP contribution in [0.15, 0.2) is 58.3 Å². The molecule has 0 bridgehead atoms. The Morgan fingerprint density at radius 3 is 2.55 bits per heavy atom. The van der Waals surface area contributed by atoms with E-state index in [9.17, 15) is 9.90 Å². The van der Waals surface area contributed by atoms with E-state index in [2.05, 4.69) is 39.0 Å². The van der Waals surface area contributed by atoms with Gasteiger partial charge in [0.05, 0.1) is 11.3 Å². The van der Waals surface area contributed by atoms with Crippen molar-refractivity contribution in [3.8, 4) is 5.88 Å². The number of aromatic nitrogens is 1. The van der Waals surface area contributed by atoms with Crippen molar-refractivity contribution < 1.29 is 10.2 Å². The fraction of sp³-hybridized carbons (Fsp3) is 0.308. The Kier molecular flexibility index (Phi) is 7.22. The van der Waals surface area contributed by atoms with Crippen LogP contribution in [0.5, 0.6) is 5.88 Å². The zero-order chi connectivity index (χ0) is 23.2. The molecule has 3 N–H and O–H groups in total. The molecule has 0 spiro atoms.